The quantitative estimate of drug-likeness (QED) is 0.901. The van der Waals surface area contributed by atoms with E-state index < -0.39 is 5.60 Å². The molecule has 1 unspecified atom stereocenters. The van der Waals surface area contributed by atoms with Gasteiger partial charge in [-0.3, -0.25) is 0 Å². The lowest BCUT2D eigenvalue weighted by molar-refractivity contribution is -0.0526. The molecule has 3 nitrogen and oxygen atoms in total. The van der Waals surface area contributed by atoms with Crippen LogP contribution in [0.3, 0.4) is 0 Å². The number of rotatable bonds is 4. The summed E-state index contributed by atoms with van der Waals surface area (Å²) in [5.41, 5.74) is 3.46. The lowest BCUT2D eigenvalue weighted by atomic mass is 9.77. The number of fused-ring (bicyclic) bond motifs is 1. The summed E-state index contributed by atoms with van der Waals surface area (Å²) in [6, 6.07) is 19.4. The van der Waals surface area contributed by atoms with Crippen LogP contribution in [0.2, 0.25) is 0 Å². The Morgan fingerprint density at radius 3 is 2.52 bits per heavy atom. The molecule has 1 saturated heterocycles. The second-order valence-corrected chi connectivity index (χ2v) is 7.52. The molecule has 1 atom stereocenters. The number of piperidine rings is 1. The molecule has 2 heterocycles. The van der Waals surface area contributed by atoms with Crippen molar-refractivity contribution in [2.75, 3.05) is 26.2 Å². The SMILES string of the molecule is OC1(C2NCCc3ccccc32)CCN(CCc2ccccc2)CC1. The van der Waals surface area contributed by atoms with Gasteiger partial charge in [-0.25, -0.2) is 0 Å². The molecule has 4 rings (SSSR count). The van der Waals surface area contributed by atoms with Gasteiger partial charge in [0.1, 0.15) is 0 Å². The normalized spacial score (nSPS) is 23.2. The highest BCUT2D eigenvalue weighted by Gasteiger charge is 2.41. The molecule has 132 valence electrons. The minimum absolute atomic E-state index is 0.0775. The number of aliphatic hydroxyl groups is 1. The van der Waals surface area contributed by atoms with Gasteiger partial charge in [0.25, 0.3) is 0 Å². The fraction of sp³-hybridized carbons (Fsp3) is 0.455. The summed E-state index contributed by atoms with van der Waals surface area (Å²) in [5, 5.41) is 14.9. The van der Waals surface area contributed by atoms with Crippen LogP contribution in [-0.4, -0.2) is 41.8 Å². The topological polar surface area (TPSA) is 35.5 Å². The maximum Gasteiger partial charge on any atom is 0.0866 e. The number of nitrogens with one attached hydrogen (secondary N) is 1. The summed E-state index contributed by atoms with van der Waals surface area (Å²) in [7, 11) is 0. The molecule has 0 radical (unpaired) electrons. The van der Waals surface area contributed by atoms with E-state index in [1.54, 1.807) is 0 Å². The Labute approximate surface area is 150 Å². The van der Waals surface area contributed by atoms with Gasteiger partial charge in [0.2, 0.25) is 0 Å². The lowest BCUT2D eigenvalue weighted by Gasteiger charge is -2.45. The number of hydrogen-bond acceptors (Lipinski definition) is 3. The van der Waals surface area contributed by atoms with Gasteiger partial charge < -0.3 is 15.3 Å². The van der Waals surface area contributed by atoms with Gasteiger partial charge in [0, 0.05) is 19.6 Å². The average Bonchev–Trinajstić information content (AvgIpc) is 2.68. The monoisotopic (exact) mass is 336 g/mol. The molecule has 0 bridgehead atoms. The second kappa shape index (κ2) is 7.28. The first-order valence-corrected chi connectivity index (χ1v) is 9.54. The van der Waals surface area contributed by atoms with Gasteiger partial charge in [-0.2, -0.15) is 0 Å². The summed E-state index contributed by atoms with van der Waals surface area (Å²) in [6.07, 6.45) is 3.83. The van der Waals surface area contributed by atoms with Crippen molar-refractivity contribution in [1.82, 2.24) is 10.2 Å². The molecule has 0 spiro atoms. The zero-order valence-electron chi connectivity index (χ0n) is 14.8. The fourth-order valence-electron chi connectivity index (χ4n) is 4.37. The minimum atomic E-state index is -0.625. The number of nitrogens with zero attached hydrogens (tertiary/aromatic N) is 1. The molecule has 2 aromatic rings. The van der Waals surface area contributed by atoms with E-state index in [4.69, 9.17) is 0 Å². The number of benzene rings is 2. The molecular weight excluding hydrogens is 308 g/mol. The predicted molar refractivity (Wildman–Crippen MR) is 102 cm³/mol. The van der Waals surface area contributed by atoms with Crippen molar-refractivity contribution in [1.29, 1.82) is 0 Å². The Hall–Kier alpha value is -1.68. The van der Waals surface area contributed by atoms with Gasteiger partial charge in [-0.1, -0.05) is 54.6 Å². The summed E-state index contributed by atoms with van der Waals surface area (Å²) in [4.78, 5) is 2.50. The molecule has 0 aromatic heterocycles. The lowest BCUT2D eigenvalue weighted by Crippen LogP contribution is -2.53. The smallest absolute Gasteiger partial charge is 0.0866 e. The van der Waals surface area contributed by atoms with Crippen LogP contribution < -0.4 is 5.32 Å². The highest BCUT2D eigenvalue weighted by molar-refractivity contribution is 5.34. The van der Waals surface area contributed by atoms with Crippen molar-refractivity contribution in [3.8, 4) is 0 Å². The maximum absolute atomic E-state index is 11.4. The number of likely N-dealkylation sites (tertiary alicyclic amines) is 1. The Balaban J connectivity index is 1.38. The largest absolute Gasteiger partial charge is 0.388 e. The highest BCUT2D eigenvalue weighted by atomic mass is 16.3. The van der Waals surface area contributed by atoms with Crippen LogP contribution in [0.1, 0.15) is 35.6 Å². The van der Waals surface area contributed by atoms with E-state index in [0.29, 0.717) is 0 Å². The second-order valence-electron chi connectivity index (χ2n) is 7.52. The Morgan fingerprint density at radius 1 is 1.00 bits per heavy atom. The summed E-state index contributed by atoms with van der Waals surface area (Å²) in [6.45, 7) is 3.99. The third-order valence-corrected chi connectivity index (χ3v) is 5.93. The predicted octanol–water partition coefficient (Wildman–Crippen LogP) is 2.94. The average molecular weight is 336 g/mol. The van der Waals surface area contributed by atoms with Crippen LogP contribution in [-0.2, 0) is 12.8 Å². The Kier molecular flexibility index (Phi) is 4.89. The Bertz CT molecular complexity index is 692. The van der Waals surface area contributed by atoms with Crippen LogP contribution in [0.5, 0.6) is 0 Å². The molecule has 0 aliphatic carbocycles. The molecule has 1 fully saturated rings. The third kappa shape index (κ3) is 3.64. The van der Waals surface area contributed by atoms with Crippen molar-refractivity contribution < 1.29 is 5.11 Å². The van der Waals surface area contributed by atoms with Crippen molar-refractivity contribution in [3.05, 3.63) is 71.3 Å². The van der Waals surface area contributed by atoms with E-state index in [1.807, 2.05) is 0 Å². The van der Waals surface area contributed by atoms with Crippen LogP contribution in [0.4, 0.5) is 0 Å². The minimum Gasteiger partial charge on any atom is -0.388 e. The molecule has 2 aliphatic rings. The van der Waals surface area contributed by atoms with Crippen LogP contribution in [0.15, 0.2) is 54.6 Å². The molecule has 2 aromatic carbocycles. The van der Waals surface area contributed by atoms with Gasteiger partial charge in [-0.05, 0) is 48.9 Å². The van der Waals surface area contributed by atoms with E-state index in [1.165, 1.54) is 16.7 Å². The van der Waals surface area contributed by atoms with E-state index in [-0.39, 0.29) is 6.04 Å². The summed E-state index contributed by atoms with van der Waals surface area (Å²) in [5.74, 6) is 0. The first-order valence-electron chi connectivity index (χ1n) is 9.54. The van der Waals surface area contributed by atoms with Crippen molar-refractivity contribution in [2.24, 2.45) is 0 Å². The van der Waals surface area contributed by atoms with E-state index in [9.17, 15) is 5.11 Å². The highest BCUT2D eigenvalue weighted by Crippen LogP contribution is 2.38. The zero-order chi connectivity index (χ0) is 17.1. The van der Waals surface area contributed by atoms with Crippen LogP contribution >= 0.6 is 0 Å². The first-order chi connectivity index (χ1) is 12.2. The molecule has 2 N–H and O–H groups in total. The molecule has 0 amide bonds. The first kappa shape index (κ1) is 16.8. The van der Waals surface area contributed by atoms with Crippen molar-refractivity contribution in [3.63, 3.8) is 0 Å². The maximum atomic E-state index is 11.4. The van der Waals surface area contributed by atoms with Gasteiger partial charge in [0.05, 0.1) is 11.6 Å². The van der Waals surface area contributed by atoms with Gasteiger partial charge >= 0.3 is 0 Å². The Morgan fingerprint density at radius 2 is 1.72 bits per heavy atom. The molecule has 25 heavy (non-hydrogen) atoms. The van der Waals surface area contributed by atoms with E-state index in [2.05, 4.69) is 64.8 Å². The molecular formula is C22H28N2O. The van der Waals surface area contributed by atoms with Crippen LogP contribution in [0.25, 0.3) is 0 Å². The molecule has 3 heteroatoms. The van der Waals surface area contributed by atoms with E-state index in [0.717, 1.165) is 51.9 Å². The molecule has 2 aliphatic heterocycles. The molecule has 0 saturated carbocycles. The summed E-state index contributed by atoms with van der Waals surface area (Å²) >= 11 is 0. The van der Waals surface area contributed by atoms with E-state index >= 15 is 0 Å². The fourth-order valence-corrected chi connectivity index (χ4v) is 4.37. The third-order valence-electron chi connectivity index (χ3n) is 5.93. The van der Waals surface area contributed by atoms with Gasteiger partial charge in [0.15, 0.2) is 0 Å². The van der Waals surface area contributed by atoms with Crippen molar-refractivity contribution in [2.45, 2.75) is 37.3 Å². The van der Waals surface area contributed by atoms with Crippen molar-refractivity contribution >= 4 is 0 Å². The van der Waals surface area contributed by atoms with Gasteiger partial charge in [-0.15, -0.1) is 0 Å². The summed E-state index contributed by atoms with van der Waals surface area (Å²) < 4.78 is 0. The number of hydrogen-bond donors (Lipinski definition) is 2. The standard InChI is InChI=1S/C22H28N2O/c25-22(21-20-9-5-4-8-19(20)10-14-23-21)12-16-24(17-13-22)15-11-18-6-2-1-3-7-18/h1-9,21,23,25H,10-17H2. The van der Waals surface area contributed by atoms with Crippen LogP contribution in [0, 0.1) is 0 Å². The zero-order valence-corrected chi connectivity index (χ0v) is 14.8.